The van der Waals surface area contributed by atoms with E-state index in [1.54, 1.807) is 4.90 Å². The maximum absolute atomic E-state index is 13.8. The summed E-state index contributed by atoms with van der Waals surface area (Å²) in [4.78, 5) is 40.2. The van der Waals surface area contributed by atoms with Crippen molar-refractivity contribution in [2.75, 3.05) is 13.7 Å². The molecule has 8 heteroatoms. The molecule has 8 nitrogen and oxygen atoms in total. The fourth-order valence-electron chi connectivity index (χ4n) is 5.56. The number of aliphatic carboxylic acids is 1. The lowest BCUT2D eigenvalue weighted by Gasteiger charge is -2.36. The molecule has 1 amide bonds. The van der Waals surface area contributed by atoms with Crippen molar-refractivity contribution in [2.24, 2.45) is 11.7 Å². The Bertz CT molecular complexity index is 818. The molecule has 0 bridgehead atoms. The first-order valence-corrected chi connectivity index (χ1v) is 12.6. The molecule has 1 saturated heterocycles. The molecular formula is C26H39N3O5. The number of ether oxygens (including phenoxy) is 1. The number of carbonyl (C=O) groups excluding carboxylic acids is 2. The molecule has 34 heavy (non-hydrogen) atoms. The van der Waals surface area contributed by atoms with E-state index in [1.807, 2.05) is 30.3 Å². The summed E-state index contributed by atoms with van der Waals surface area (Å²) in [5.74, 6) is -1.35. The summed E-state index contributed by atoms with van der Waals surface area (Å²) in [6.07, 6.45) is 7.50. The highest BCUT2D eigenvalue weighted by Crippen LogP contribution is 2.40. The van der Waals surface area contributed by atoms with Crippen LogP contribution in [0.4, 0.5) is 0 Å². The summed E-state index contributed by atoms with van der Waals surface area (Å²) < 4.78 is 5.04. The number of likely N-dealkylation sites (tertiary alicyclic amines) is 1. The van der Waals surface area contributed by atoms with Gasteiger partial charge in [-0.25, -0.2) is 4.79 Å². The van der Waals surface area contributed by atoms with Crippen LogP contribution in [0, 0.1) is 5.92 Å². The summed E-state index contributed by atoms with van der Waals surface area (Å²) in [5.41, 5.74) is 6.77. The molecule has 1 aromatic rings. The molecule has 0 aromatic heterocycles. The van der Waals surface area contributed by atoms with E-state index >= 15 is 0 Å². The highest BCUT2D eigenvalue weighted by atomic mass is 16.5. The fraction of sp³-hybridized carbons (Fsp3) is 0.654. The van der Waals surface area contributed by atoms with E-state index in [0.29, 0.717) is 38.6 Å². The number of rotatable bonds is 12. The smallest absolute Gasteiger partial charge is 0.326 e. The van der Waals surface area contributed by atoms with E-state index in [2.05, 4.69) is 5.32 Å². The fourth-order valence-corrected chi connectivity index (χ4v) is 5.56. The van der Waals surface area contributed by atoms with Gasteiger partial charge in [0.1, 0.15) is 12.1 Å². The van der Waals surface area contributed by atoms with Crippen LogP contribution in [0.2, 0.25) is 0 Å². The van der Waals surface area contributed by atoms with Crippen LogP contribution in [0.15, 0.2) is 30.3 Å². The summed E-state index contributed by atoms with van der Waals surface area (Å²) in [7, 11) is 1.35. The molecule has 188 valence electrons. The van der Waals surface area contributed by atoms with Crippen LogP contribution in [0.3, 0.4) is 0 Å². The molecule has 3 rings (SSSR count). The summed E-state index contributed by atoms with van der Waals surface area (Å²) >= 11 is 0. The molecule has 2 fully saturated rings. The second-order valence-electron chi connectivity index (χ2n) is 9.55. The van der Waals surface area contributed by atoms with Gasteiger partial charge in [0.15, 0.2) is 0 Å². The molecule has 3 unspecified atom stereocenters. The number of methoxy groups -OCH3 is 1. The largest absolute Gasteiger partial charge is 0.480 e. The number of carbonyl (C=O) groups is 3. The zero-order valence-electron chi connectivity index (χ0n) is 20.2. The van der Waals surface area contributed by atoms with E-state index in [9.17, 15) is 19.5 Å². The number of aryl methyl sites for hydroxylation is 1. The number of carboxylic acids is 1. The molecule has 1 heterocycles. The van der Waals surface area contributed by atoms with E-state index in [0.717, 1.165) is 37.7 Å². The number of carboxylic acid groups (broad SMARTS) is 1. The number of nitrogens with two attached hydrogens (primary N) is 1. The Morgan fingerprint density at radius 1 is 1.12 bits per heavy atom. The molecule has 0 spiro atoms. The molecule has 1 aliphatic heterocycles. The van der Waals surface area contributed by atoms with Gasteiger partial charge in [0.25, 0.3) is 0 Å². The number of nitrogens with zero attached hydrogens (tertiary/aromatic N) is 1. The average molecular weight is 474 g/mol. The van der Waals surface area contributed by atoms with Crippen molar-refractivity contribution in [3.63, 3.8) is 0 Å². The Morgan fingerprint density at radius 3 is 2.53 bits per heavy atom. The van der Waals surface area contributed by atoms with Gasteiger partial charge in [0.2, 0.25) is 5.91 Å². The molecule has 0 radical (unpaired) electrons. The second-order valence-corrected chi connectivity index (χ2v) is 9.55. The van der Waals surface area contributed by atoms with Crippen molar-refractivity contribution < 1.29 is 24.2 Å². The van der Waals surface area contributed by atoms with E-state index in [-0.39, 0.29) is 17.9 Å². The molecule has 5 atom stereocenters. The van der Waals surface area contributed by atoms with Gasteiger partial charge in [-0.3, -0.25) is 14.9 Å². The predicted octanol–water partition coefficient (Wildman–Crippen LogP) is 2.49. The van der Waals surface area contributed by atoms with E-state index in [4.69, 9.17) is 10.5 Å². The first kappa shape index (κ1) is 26.2. The standard InChI is InChI=1S/C26H39N3O5/c1-34-26(33)21(15-14-18-9-3-2-4-10-18)28-20(12-7-8-16-27)24(30)29-22-13-6-5-11-19(22)17-23(29)25(31)32/h2-4,9-10,19-23,28H,5-8,11-17,27H2,1H3,(H,31,32)/t19?,20-,21?,22?,23-/m0/s1. The second kappa shape index (κ2) is 12.9. The van der Waals surface area contributed by atoms with Gasteiger partial charge in [-0.05, 0) is 63.0 Å². The Hall–Kier alpha value is -2.45. The van der Waals surface area contributed by atoms with Gasteiger partial charge in [-0.15, -0.1) is 0 Å². The first-order valence-electron chi connectivity index (χ1n) is 12.6. The number of hydrogen-bond donors (Lipinski definition) is 3. The predicted molar refractivity (Wildman–Crippen MR) is 129 cm³/mol. The molecular weight excluding hydrogens is 434 g/mol. The van der Waals surface area contributed by atoms with Gasteiger partial charge in [-0.2, -0.15) is 0 Å². The Labute approximate surface area is 202 Å². The minimum Gasteiger partial charge on any atom is -0.480 e. The molecule has 2 aliphatic rings. The number of hydrogen-bond acceptors (Lipinski definition) is 6. The van der Waals surface area contributed by atoms with Gasteiger partial charge < -0.3 is 20.5 Å². The summed E-state index contributed by atoms with van der Waals surface area (Å²) in [6.45, 7) is 0.515. The van der Waals surface area contributed by atoms with Crippen LogP contribution < -0.4 is 11.1 Å². The monoisotopic (exact) mass is 473 g/mol. The third-order valence-electron chi connectivity index (χ3n) is 7.33. The number of benzene rings is 1. The van der Waals surface area contributed by atoms with Crippen LogP contribution in [0.1, 0.15) is 63.4 Å². The summed E-state index contributed by atoms with van der Waals surface area (Å²) in [5, 5.41) is 13.2. The number of fused-ring (bicyclic) bond motifs is 1. The highest BCUT2D eigenvalue weighted by Gasteiger charge is 2.49. The van der Waals surface area contributed by atoms with Crippen molar-refractivity contribution in [3.8, 4) is 0 Å². The Kier molecular flexibility index (Phi) is 9.89. The van der Waals surface area contributed by atoms with Gasteiger partial charge in [0, 0.05) is 6.04 Å². The zero-order valence-corrected chi connectivity index (χ0v) is 20.2. The van der Waals surface area contributed by atoms with E-state index in [1.165, 1.54) is 7.11 Å². The van der Waals surface area contributed by atoms with Crippen LogP contribution in [-0.2, 0) is 25.5 Å². The lowest BCUT2D eigenvalue weighted by molar-refractivity contribution is -0.152. The van der Waals surface area contributed by atoms with Crippen molar-refractivity contribution in [2.45, 2.75) is 88.4 Å². The Morgan fingerprint density at radius 2 is 1.85 bits per heavy atom. The number of esters is 1. The van der Waals surface area contributed by atoms with Crippen LogP contribution >= 0.6 is 0 Å². The van der Waals surface area contributed by atoms with Crippen molar-refractivity contribution >= 4 is 17.8 Å². The lowest BCUT2D eigenvalue weighted by atomic mass is 9.84. The lowest BCUT2D eigenvalue weighted by Crippen LogP contribution is -2.56. The zero-order chi connectivity index (χ0) is 24.5. The average Bonchev–Trinajstić information content (AvgIpc) is 3.25. The van der Waals surface area contributed by atoms with E-state index < -0.39 is 30.1 Å². The Balaban J connectivity index is 1.79. The molecule has 1 aromatic carbocycles. The highest BCUT2D eigenvalue weighted by molar-refractivity contribution is 5.88. The van der Waals surface area contributed by atoms with Gasteiger partial charge >= 0.3 is 11.9 Å². The topological polar surface area (TPSA) is 122 Å². The number of unbranched alkanes of at least 4 members (excludes halogenated alkanes) is 1. The maximum Gasteiger partial charge on any atom is 0.326 e. The third-order valence-corrected chi connectivity index (χ3v) is 7.33. The number of amides is 1. The minimum absolute atomic E-state index is 0.0398. The summed E-state index contributed by atoms with van der Waals surface area (Å²) in [6, 6.07) is 7.69. The molecule has 1 aliphatic carbocycles. The van der Waals surface area contributed by atoms with Gasteiger partial charge in [-0.1, -0.05) is 49.6 Å². The maximum atomic E-state index is 13.8. The van der Waals surface area contributed by atoms with Crippen molar-refractivity contribution in [3.05, 3.63) is 35.9 Å². The van der Waals surface area contributed by atoms with Crippen LogP contribution in [-0.4, -0.2) is 65.7 Å². The van der Waals surface area contributed by atoms with Crippen LogP contribution in [0.5, 0.6) is 0 Å². The molecule has 1 saturated carbocycles. The van der Waals surface area contributed by atoms with Crippen molar-refractivity contribution in [1.82, 2.24) is 10.2 Å². The minimum atomic E-state index is -0.947. The number of nitrogens with one attached hydrogen (secondary N) is 1. The van der Waals surface area contributed by atoms with Gasteiger partial charge in [0.05, 0.1) is 13.2 Å². The normalized spacial score (nSPS) is 23.7. The quantitative estimate of drug-likeness (QED) is 0.315. The third kappa shape index (κ3) is 6.57. The molecule has 4 N–H and O–H groups in total. The van der Waals surface area contributed by atoms with Crippen LogP contribution in [0.25, 0.3) is 0 Å². The first-order chi connectivity index (χ1) is 16.5. The SMILES string of the molecule is COC(=O)C(CCc1ccccc1)N[C@@H](CCCCN)C(=O)N1C2CCCCC2C[C@H]1C(=O)O. The van der Waals surface area contributed by atoms with Crippen molar-refractivity contribution in [1.29, 1.82) is 0 Å².